The molecule has 0 aliphatic heterocycles. The summed E-state index contributed by atoms with van der Waals surface area (Å²) in [6.45, 7) is 0. The molecule has 3 heteroatoms. The Labute approximate surface area is 294 Å². The van der Waals surface area contributed by atoms with Crippen molar-refractivity contribution in [3.63, 3.8) is 0 Å². The zero-order valence-corrected chi connectivity index (χ0v) is 27.7. The van der Waals surface area contributed by atoms with E-state index >= 15 is 0 Å². The minimum atomic E-state index is 1.15. The zero-order valence-electron chi connectivity index (χ0n) is 27.7. The standard InChI is InChI=1S/C48H31N3/c1-3-13-36(14-4-1)50-44-20-9-8-19-40(44)43-29-33(23-25-46(43)50)32-12-11-17-38(28-32)49-27-26-35-30-42-34(31-47(35)49)22-24-41-39-18-7-10-21-45(39)51(48(41)42)37-15-5-2-6-16-37/h1-31H. The Hall–Kier alpha value is -6.84. The average molecular weight is 650 g/mol. The molecule has 0 radical (unpaired) electrons. The fourth-order valence-electron chi connectivity index (χ4n) is 8.33. The predicted molar refractivity (Wildman–Crippen MR) is 215 cm³/mol. The summed E-state index contributed by atoms with van der Waals surface area (Å²) in [6, 6.07) is 66.2. The third-order valence-corrected chi connectivity index (χ3v) is 10.6. The summed E-state index contributed by atoms with van der Waals surface area (Å²) in [4.78, 5) is 0. The number of fused-ring (bicyclic) bond motifs is 9. The van der Waals surface area contributed by atoms with Gasteiger partial charge in [-0.3, -0.25) is 0 Å². The molecule has 0 aliphatic rings. The first kappa shape index (κ1) is 28.0. The average Bonchev–Trinajstić information content (AvgIpc) is 3.87. The van der Waals surface area contributed by atoms with Gasteiger partial charge in [0.1, 0.15) is 0 Å². The first-order valence-corrected chi connectivity index (χ1v) is 17.5. The second kappa shape index (κ2) is 10.8. The first-order chi connectivity index (χ1) is 25.3. The number of para-hydroxylation sites is 4. The van der Waals surface area contributed by atoms with E-state index in [0.29, 0.717) is 0 Å². The van der Waals surface area contributed by atoms with Crippen molar-refractivity contribution in [3.8, 4) is 28.2 Å². The van der Waals surface area contributed by atoms with Crippen molar-refractivity contribution in [3.05, 3.63) is 188 Å². The van der Waals surface area contributed by atoms with Gasteiger partial charge in [0.15, 0.2) is 0 Å². The van der Waals surface area contributed by atoms with Crippen molar-refractivity contribution in [2.75, 3.05) is 0 Å². The summed E-state index contributed by atoms with van der Waals surface area (Å²) in [7, 11) is 0. The molecular formula is C48H31N3. The van der Waals surface area contributed by atoms with Crippen molar-refractivity contribution in [2.45, 2.75) is 0 Å². The van der Waals surface area contributed by atoms with Crippen LogP contribution in [0.1, 0.15) is 0 Å². The van der Waals surface area contributed by atoms with E-state index < -0.39 is 0 Å². The molecule has 3 aromatic heterocycles. The summed E-state index contributed by atoms with van der Waals surface area (Å²) < 4.78 is 7.12. The number of hydrogen-bond donors (Lipinski definition) is 0. The van der Waals surface area contributed by atoms with Gasteiger partial charge in [-0.2, -0.15) is 0 Å². The van der Waals surface area contributed by atoms with E-state index in [-0.39, 0.29) is 0 Å². The van der Waals surface area contributed by atoms with E-state index in [2.05, 4.69) is 202 Å². The molecule has 238 valence electrons. The highest BCUT2D eigenvalue weighted by Gasteiger charge is 2.17. The Balaban J connectivity index is 1.06. The largest absolute Gasteiger partial charge is 0.317 e. The molecule has 0 unspecified atom stereocenters. The van der Waals surface area contributed by atoms with Gasteiger partial charge >= 0.3 is 0 Å². The minimum absolute atomic E-state index is 1.15. The van der Waals surface area contributed by atoms with Gasteiger partial charge in [-0.05, 0) is 95.4 Å². The molecule has 0 atom stereocenters. The summed E-state index contributed by atoms with van der Waals surface area (Å²) >= 11 is 0. The predicted octanol–water partition coefficient (Wildman–Crippen LogP) is 12.6. The highest BCUT2D eigenvalue weighted by molar-refractivity contribution is 6.20. The Morgan fingerprint density at radius 2 is 0.922 bits per heavy atom. The van der Waals surface area contributed by atoms with Crippen LogP contribution in [0.15, 0.2) is 188 Å². The van der Waals surface area contributed by atoms with Gasteiger partial charge in [-0.15, -0.1) is 0 Å². The second-order valence-corrected chi connectivity index (χ2v) is 13.4. The van der Waals surface area contributed by atoms with Gasteiger partial charge in [-0.1, -0.05) is 103 Å². The quantitative estimate of drug-likeness (QED) is 0.180. The van der Waals surface area contributed by atoms with Crippen molar-refractivity contribution in [1.82, 2.24) is 13.7 Å². The maximum Gasteiger partial charge on any atom is 0.0619 e. The summed E-state index contributed by atoms with van der Waals surface area (Å²) in [5.74, 6) is 0. The molecule has 0 saturated carbocycles. The van der Waals surface area contributed by atoms with Crippen LogP contribution in [0.25, 0.3) is 93.5 Å². The lowest BCUT2D eigenvalue weighted by atomic mass is 10.0. The molecule has 0 saturated heterocycles. The molecular weight excluding hydrogens is 619 g/mol. The van der Waals surface area contributed by atoms with Crippen LogP contribution < -0.4 is 0 Å². The Kier molecular flexibility index (Phi) is 5.96. The molecule has 8 aromatic carbocycles. The third-order valence-electron chi connectivity index (χ3n) is 10.6. The maximum absolute atomic E-state index is 2.42. The van der Waals surface area contributed by atoms with E-state index in [0.717, 1.165) is 5.69 Å². The first-order valence-electron chi connectivity index (χ1n) is 17.5. The number of aromatic nitrogens is 3. The van der Waals surface area contributed by atoms with Gasteiger partial charge in [0.05, 0.1) is 27.6 Å². The molecule has 0 fully saturated rings. The normalized spacial score (nSPS) is 11.9. The number of benzene rings is 8. The highest BCUT2D eigenvalue weighted by Crippen LogP contribution is 2.39. The van der Waals surface area contributed by atoms with Gasteiger partial charge < -0.3 is 13.7 Å². The van der Waals surface area contributed by atoms with Crippen LogP contribution in [0.3, 0.4) is 0 Å². The fourth-order valence-corrected chi connectivity index (χ4v) is 8.33. The second-order valence-electron chi connectivity index (χ2n) is 13.4. The van der Waals surface area contributed by atoms with Crippen LogP contribution in [0.2, 0.25) is 0 Å². The SMILES string of the molecule is c1ccc(-n2c3ccccc3c3cc(-c4cccc(-n5ccc6cc7c(ccc8c9ccccc9n(-c9ccccc9)c78)cc65)c4)ccc32)cc1. The van der Waals surface area contributed by atoms with Crippen LogP contribution >= 0.6 is 0 Å². The lowest BCUT2D eigenvalue weighted by molar-refractivity contribution is 1.13. The van der Waals surface area contributed by atoms with E-state index in [4.69, 9.17) is 0 Å². The zero-order chi connectivity index (χ0) is 33.5. The van der Waals surface area contributed by atoms with Crippen LogP contribution in [0, 0.1) is 0 Å². The monoisotopic (exact) mass is 649 g/mol. The molecule has 0 bridgehead atoms. The number of rotatable bonds is 4. The molecule has 51 heavy (non-hydrogen) atoms. The molecule has 11 rings (SSSR count). The molecule has 3 nitrogen and oxygen atoms in total. The van der Waals surface area contributed by atoms with Gasteiger partial charge in [0, 0.05) is 55.6 Å². The van der Waals surface area contributed by atoms with Crippen molar-refractivity contribution >= 4 is 65.3 Å². The van der Waals surface area contributed by atoms with Crippen molar-refractivity contribution in [2.24, 2.45) is 0 Å². The van der Waals surface area contributed by atoms with Crippen LogP contribution in [-0.2, 0) is 0 Å². The molecule has 0 N–H and O–H groups in total. The molecule has 11 aromatic rings. The van der Waals surface area contributed by atoms with E-state index in [9.17, 15) is 0 Å². The fraction of sp³-hybridized carbons (Fsp3) is 0. The van der Waals surface area contributed by atoms with Crippen LogP contribution in [0.5, 0.6) is 0 Å². The van der Waals surface area contributed by atoms with Gasteiger partial charge in [0.25, 0.3) is 0 Å². The van der Waals surface area contributed by atoms with E-state index in [1.54, 1.807) is 0 Å². The summed E-state index contributed by atoms with van der Waals surface area (Å²) in [6.07, 6.45) is 2.21. The summed E-state index contributed by atoms with van der Waals surface area (Å²) in [5.41, 5.74) is 12.0. The molecule has 0 aliphatic carbocycles. The number of nitrogens with zero attached hydrogens (tertiary/aromatic N) is 3. The molecule has 0 spiro atoms. The van der Waals surface area contributed by atoms with E-state index in [1.807, 2.05) is 0 Å². The lowest BCUT2D eigenvalue weighted by Crippen LogP contribution is -1.95. The van der Waals surface area contributed by atoms with Crippen LogP contribution in [0.4, 0.5) is 0 Å². The Bertz CT molecular complexity index is 3120. The van der Waals surface area contributed by atoms with Gasteiger partial charge in [-0.25, -0.2) is 0 Å². The van der Waals surface area contributed by atoms with E-state index in [1.165, 1.54) is 87.8 Å². The molecule has 3 heterocycles. The lowest BCUT2D eigenvalue weighted by Gasteiger charge is -2.12. The minimum Gasteiger partial charge on any atom is -0.317 e. The van der Waals surface area contributed by atoms with Crippen LogP contribution in [-0.4, -0.2) is 13.7 Å². The third kappa shape index (κ3) is 4.19. The maximum atomic E-state index is 2.42. The molecule has 0 amide bonds. The van der Waals surface area contributed by atoms with Gasteiger partial charge in [0.2, 0.25) is 0 Å². The Morgan fingerprint density at radius 3 is 1.71 bits per heavy atom. The smallest absolute Gasteiger partial charge is 0.0619 e. The highest BCUT2D eigenvalue weighted by atomic mass is 15.0. The van der Waals surface area contributed by atoms with Crippen molar-refractivity contribution in [1.29, 1.82) is 0 Å². The number of hydrogen-bond acceptors (Lipinski definition) is 0. The summed E-state index contributed by atoms with van der Waals surface area (Å²) in [5, 5.41) is 8.78. The Morgan fingerprint density at radius 1 is 0.294 bits per heavy atom. The van der Waals surface area contributed by atoms with Crippen molar-refractivity contribution < 1.29 is 0 Å². The topological polar surface area (TPSA) is 14.8 Å².